The number of halogens is 1. The van der Waals surface area contributed by atoms with Crippen molar-refractivity contribution in [3.05, 3.63) is 68.2 Å². The fraction of sp³-hybridized carbons (Fsp3) is 0.0714. The second kappa shape index (κ2) is 5.83. The number of carbonyl (C=O) groups excluding carboxylic acids is 1. The quantitative estimate of drug-likeness (QED) is 0.683. The van der Waals surface area contributed by atoms with Crippen LogP contribution in [0, 0.1) is 17.0 Å². The maximum atomic E-state index is 12.1. The van der Waals surface area contributed by atoms with Crippen LogP contribution in [0.15, 0.2) is 46.9 Å². The third kappa shape index (κ3) is 3.03. The Balaban J connectivity index is 2.19. The first kappa shape index (κ1) is 14.2. The average Bonchev–Trinajstić information content (AvgIpc) is 2.42. The van der Waals surface area contributed by atoms with Crippen LogP contribution in [0.25, 0.3) is 0 Å². The lowest BCUT2D eigenvalue weighted by atomic mass is 10.1. The highest BCUT2D eigenvalue weighted by Gasteiger charge is 2.11. The molecule has 0 spiro atoms. The number of non-ortho nitro benzene ring substituents is 1. The molecule has 2 rings (SSSR count). The number of carbonyl (C=O) groups is 1. The van der Waals surface area contributed by atoms with Crippen molar-refractivity contribution in [1.29, 1.82) is 0 Å². The van der Waals surface area contributed by atoms with Gasteiger partial charge in [0.05, 0.1) is 4.92 Å². The van der Waals surface area contributed by atoms with Crippen molar-refractivity contribution >= 4 is 33.2 Å². The topological polar surface area (TPSA) is 72.2 Å². The summed E-state index contributed by atoms with van der Waals surface area (Å²) in [5, 5.41) is 13.3. The zero-order valence-electron chi connectivity index (χ0n) is 10.6. The SMILES string of the molecule is Cc1c(Br)cccc1C(=O)Nc1ccc([N+](=O)[O-])cc1. The first-order chi connectivity index (χ1) is 9.49. The summed E-state index contributed by atoms with van der Waals surface area (Å²) >= 11 is 3.37. The largest absolute Gasteiger partial charge is 0.322 e. The minimum Gasteiger partial charge on any atom is -0.322 e. The summed E-state index contributed by atoms with van der Waals surface area (Å²) in [5.41, 5.74) is 1.89. The number of amides is 1. The van der Waals surface area contributed by atoms with Crippen molar-refractivity contribution in [3.8, 4) is 0 Å². The number of hydrogen-bond acceptors (Lipinski definition) is 3. The molecule has 20 heavy (non-hydrogen) atoms. The van der Waals surface area contributed by atoms with Crippen molar-refractivity contribution in [2.24, 2.45) is 0 Å². The second-order valence-electron chi connectivity index (χ2n) is 4.17. The van der Waals surface area contributed by atoms with Crippen LogP contribution in [0.1, 0.15) is 15.9 Å². The van der Waals surface area contributed by atoms with E-state index in [1.165, 1.54) is 24.3 Å². The molecule has 0 atom stereocenters. The zero-order chi connectivity index (χ0) is 14.7. The summed E-state index contributed by atoms with van der Waals surface area (Å²) in [6.45, 7) is 1.84. The Hall–Kier alpha value is -2.21. The van der Waals surface area contributed by atoms with E-state index in [1.54, 1.807) is 12.1 Å². The van der Waals surface area contributed by atoms with Crippen LogP contribution in [0.2, 0.25) is 0 Å². The Kier molecular flexibility index (Phi) is 4.14. The highest BCUT2D eigenvalue weighted by molar-refractivity contribution is 9.10. The molecular formula is C14H11BrN2O3. The predicted octanol–water partition coefficient (Wildman–Crippen LogP) is 3.92. The number of anilines is 1. The van der Waals surface area contributed by atoms with E-state index in [0.717, 1.165) is 10.0 Å². The van der Waals surface area contributed by atoms with Gasteiger partial charge in [0.1, 0.15) is 0 Å². The van der Waals surface area contributed by atoms with E-state index < -0.39 is 4.92 Å². The maximum Gasteiger partial charge on any atom is 0.269 e. The summed E-state index contributed by atoms with van der Waals surface area (Å²) in [5.74, 6) is -0.252. The van der Waals surface area contributed by atoms with Crippen LogP contribution >= 0.6 is 15.9 Å². The number of nitrogens with one attached hydrogen (secondary N) is 1. The fourth-order valence-electron chi connectivity index (χ4n) is 1.72. The summed E-state index contributed by atoms with van der Waals surface area (Å²) in [7, 11) is 0. The van der Waals surface area contributed by atoms with Crippen molar-refractivity contribution in [3.63, 3.8) is 0 Å². The van der Waals surface area contributed by atoms with Gasteiger partial charge in [-0.3, -0.25) is 14.9 Å². The summed E-state index contributed by atoms with van der Waals surface area (Å²) < 4.78 is 0.855. The van der Waals surface area contributed by atoms with Gasteiger partial charge in [-0.1, -0.05) is 22.0 Å². The normalized spacial score (nSPS) is 10.1. The molecule has 0 fully saturated rings. The van der Waals surface area contributed by atoms with Gasteiger partial charge in [0.25, 0.3) is 11.6 Å². The van der Waals surface area contributed by atoms with E-state index in [1.807, 2.05) is 13.0 Å². The third-order valence-corrected chi connectivity index (χ3v) is 3.71. The summed E-state index contributed by atoms with van der Waals surface area (Å²) in [6, 6.07) is 11.1. The second-order valence-corrected chi connectivity index (χ2v) is 5.02. The lowest BCUT2D eigenvalue weighted by Gasteiger charge is -2.08. The molecular weight excluding hydrogens is 324 g/mol. The molecule has 0 unspecified atom stereocenters. The Labute approximate surface area is 123 Å². The molecule has 2 aromatic rings. The summed E-state index contributed by atoms with van der Waals surface area (Å²) in [4.78, 5) is 22.2. The van der Waals surface area contributed by atoms with Crippen LogP contribution in [0.3, 0.4) is 0 Å². The molecule has 6 heteroatoms. The highest BCUT2D eigenvalue weighted by atomic mass is 79.9. The van der Waals surface area contributed by atoms with Crippen LogP contribution in [-0.2, 0) is 0 Å². The third-order valence-electron chi connectivity index (χ3n) is 2.85. The van der Waals surface area contributed by atoms with Crippen LogP contribution < -0.4 is 5.32 Å². The standard InChI is InChI=1S/C14H11BrN2O3/c1-9-12(3-2-4-13(9)15)14(18)16-10-5-7-11(8-6-10)17(19)20/h2-8H,1H3,(H,16,18). The van der Waals surface area contributed by atoms with Gasteiger partial charge >= 0.3 is 0 Å². The van der Waals surface area contributed by atoms with Crippen molar-refractivity contribution in [2.75, 3.05) is 5.32 Å². The van der Waals surface area contributed by atoms with Gasteiger partial charge in [-0.15, -0.1) is 0 Å². The van der Waals surface area contributed by atoms with Gasteiger partial charge in [-0.05, 0) is 36.8 Å². The predicted molar refractivity (Wildman–Crippen MR) is 79.9 cm³/mol. The zero-order valence-corrected chi connectivity index (χ0v) is 12.2. The van der Waals surface area contributed by atoms with E-state index in [0.29, 0.717) is 11.3 Å². The lowest BCUT2D eigenvalue weighted by Crippen LogP contribution is -2.13. The molecule has 0 bridgehead atoms. The lowest BCUT2D eigenvalue weighted by molar-refractivity contribution is -0.384. The summed E-state index contributed by atoms with van der Waals surface area (Å²) in [6.07, 6.45) is 0. The molecule has 102 valence electrons. The van der Waals surface area contributed by atoms with Crippen LogP contribution in [-0.4, -0.2) is 10.8 Å². The van der Waals surface area contributed by atoms with Gasteiger partial charge < -0.3 is 5.32 Å². The monoisotopic (exact) mass is 334 g/mol. The smallest absolute Gasteiger partial charge is 0.269 e. The molecule has 0 saturated heterocycles. The molecule has 2 aromatic carbocycles. The highest BCUT2D eigenvalue weighted by Crippen LogP contribution is 2.21. The van der Waals surface area contributed by atoms with Gasteiger partial charge in [-0.25, -0.2) is 0 Å². The first-order valence-electron chi connectivity index (χ1n) is 5.80. The van der Waals surface area contributed by atoms with Crippen molar-refractivity contribution in [1.82, 2.24) is 0 Å². The Morgan fingerprint density at radius 3 is 2.45 bits per heavy atom. The number of rotatable bonds is 3. The maximum absolute atomic E-state index is 12.1. The van der Waals surface area contributed by atoms with Crippen LogP contribution in [0.5, 0.6) is 0 Å². The molecule has 0 aliphatic carbocycles. The number of nitrogens with zero attached hydrogens (tertiary/aromatic N) is 1. The molecule has 0 heterocycles. The van der Waals surface area contributed by atoms with E-state index in [2.05, 4.69) is 21.2 Å². The van der Waals surface area contributed by atoms with Gasteiger partial charge in [0.15, 0.2) is 0 Å². The van der Waals surface area contributed by atoms with E-state index >= 15 is 0 Å². The van der Waals surface area contributed by atoms with Gasteiger partial charge in [0, 0.05) is 27.9 Å². The fourth-order valence-corrected chi connectivity index (χ4v) is 2.08. The number of hydrogen-bond donors (Lipinski definition) is 1. The molecule has 5 nitrogen and oxygen atoms in total. The molecule has 0 aromatic heterocycles. The van der Waals surface area contributed by atoms with Crippen molar-refractivity contribution in [2.45, 2.75) is 6.92 Å². The number of benzene rings is 2. The average molecular weight is 335 g/mol. The Bertz CT molecular complexity index is 669. The Morgan fingerprint density at radius 1 is 1.20 bits per heavy atom. The van der Waals surface area contributed by atoms with Gasteiger partial charge in [-0.2, -0.15) is 0 Å². The Morgan fingerprint density at radius 2 is 1.85 bits per heavy atom. The minimum absolute atomic E-state index is 0.0124. The number of nitro benzene ring substituents is 1. The molecule has 0 aliphatic heterocycles. The minimum atomic E-state index is -0.482. The molecule has 0 radical (unpaired) electrons. The number of nitro groups is 1. The molecule has 1 amide bonds. The van der Waals surface area contributed by atoms with E-state index in [4.69, 9.17) is 0 Å². The molecule has 0 saturated carbocycles. The van der Waals surface area contributed by atoms with Crippen molar-refractivity contribution < 1.29 is 9.72 Å². The van der Waals surface area contributed by atoms with Crippen LogP contribution in [0.4, 0.5) is 11.4 Å². The van der Waals surface area contributed by atoms with E-state index in [9.17, 15) is 14.9 Å². The van der Waals surface area contributed by atoms with E-state index in [-0.39, 0.29) is 11.6 Å². The van der Waals surface area contributed by atoms with Gasteiger partial charge in [0.2, 0.25) is 0 Å². The first-order valence-corrected chi connectivity index (χ1v) is 6.59. The molecule has 1 N–H and O–H groups in total. The molecule has 0 aliphatic rings.